The Hall–Kier alpha value is -9.44. The van der Waals surface area contributed by atoms with Crippen LogP contribution in [0.25, 0.3) is 0 Å². The predicted octanol–water partition coefficient (Wildman–Crippen LogP) is 10.1. The molecule has 0 aliphatic heterocycles. The molecular formula is C56H52N8O8. The van der Waals surface area contributed by atoms with E-state index in [0.29, 0.717) is 44.5 Å². The molecule has 0 saturated heterocycles. The molecule has 0 fully saturated rings. The van der Waals surface area contributed by atoms with E-state index in [1.54, 1.807) is 126 Å². The lowest BCUT2D eigenvalue weighted by atomic mass is 9.81. The molecule has 0 atom stereocenters. The third-order valence-corrected chi connectivity index (χ3v) is 12.2. The summed E-state index contributed by atoms with van der Waals surface area (Å²) in [5, 5.41) is 102. The molecule has 4 aromatic heterocycles. The summed E-state index contributed by atoms with van der Waals surface area (Å²) < 4.78 is 0. The van der Waals surface area contributed by atoms with E-state index in [0.717, 1.165) is 22.3 Å². The van der Waals surface area contributed by atoms with Gasteiger partial charge in [-0.15, -0.1) is 0 Å². The summed E-state index contributed by atoms with van der Waals surface area (Å²) in [5.41, 5.74) is 7.07. The number of pyridine rings is 4. The maximum Gasteiger partial charge on any atom is 0.123 e. The van der Waals surface area contributed by atoms with E-state index in [1.807, 2.05) is 48.5 Å². The zero-order valence-electron chi connectivity index (χ0n) is 39.6. The molecule has 0 saturated carbocycles. The monoisotopic (exact) mass is 964 g/mol. The van der Waals surface area contributed by atoms with Gasteiger partial charge in [0.25, 0.3) is 0 Å². The molecule has 4 heterocycles. The van der Waals surface area contributed by atoms with Crippen molar-refractivity contribution in [3.05, 3.63) is 213 Å². The molecule has 16 heteroatoms. The van der Waals surface area contributed by atoms with Gasteiger partial charge in [-0.3, -0.25) is 19.9 Å². The highest BCUT2D eigenvalue weighted by Gasteiger charge is 2.29. The first-order valence-corrected chi connectivity index (χ1v) is 22.7. The Morgan fingerprint density at radius 2 is 0.431 bits per heavy atom. The predicted molar refractivity (Wildman–Crippen MR) is 276 cm³/mol. The molecule has 8 N–H and O–H groups in total. The van der Waals surface area contributed by atoms with Crippen molar-refractivity contribution in [2.75, 3.05) is 0 Å². The highest BCUT2D eigenvalue weighted by atomic mass is 16.3. The fraction of sp³-hybridized carbons (Fsp3) is 0.143. The topological polar surface area (TPSA) is 263 Å². The van der Waals surface area contributed by atoms with Crippen LogP contribution in [0.1, 0.15) is 118 Å². The van der Waals surface area contributed by atoms with Gasteiger partial charge in [-0.2, -0.15) is 20.4 Å². The molecule has 364 valence electrons. The van der Waals surface area contributed by atoms with E-state index >= 15 is 0 Å². The molecule has 8 aromatic rings. The highest BCUT2D eigenvalue weighted by Crippen LogP contribution is 2.49. The zero-order chi connectivity index (χ0) is 51.3. The molecule has 1 aliphatic carbocycles. The SMILES string of the molecule is C(=N\N=C\c1ccncc1)/c1ccncc1.C(=N\N=C\c1ccncc1)/c1ccncc1.CC1c2cc(c(O)cc2O)C(C)c2cc(c(O)cc2O)C(C)c2cc(c(O)cc2O)C(C)c2cc1c(O)cc2O. The van der Waals surface area contributed by atoms with Gasteiger partial charge in [0.05, 0.1) is 24.9 Å². The number of rotatable bonds is 6. The van der Waals surface area contributed by atoms with E-state index in [-0.39, 0.29) is 46.0 Å². The van der Waals surface area contributed by atoms with Gasteiger partial charge in [0.15, 0.2) is 0 Å². The van der Waals surface area contributed by atoms with Crippen molar-refractivity contribution >= 4 is 24.9 Å². The van der Waals surface area contributed by atoms with Gasteiger partial charge in [0.1, 0.15) is 46.0 Å². The summed E-state index contributed by atoms with van der Waals surface area (Å²) in [4.78, 5) is 15.7. The van der Waals surface area contributed by atoms with Crippen LogP contribution in [0.2, 0.25) is 0 Å². The number of phenolic OH excluding ortho intramolecular Hbond substituents is 8. The number of fused-ring (bicyclic) bond motifs is 8. The van der Waals surface area contributed by atoms with Crippen LogP contribution in [0, 0.1) is 0 Å². The number of hydrogen-bond acceptors (Lipinski definition) is 16. The quantitative estimate of drug-likeness (QED) is 0.0572. The first kappa shape index (κ1) is 50.4. The third-order valence-electron chi connectivity index (χ3n) is 12.2. The van der Waals surface area contributed by atoms with Crippen LogP contribution in [0.4, 0.5) is 0 Å². The van der Waals surface area contributed by atoms with Gasteiger partial charge in [-0.25, -0.2) is 0 Å². The van der Waals surface area contributed by atoms with Gasteiger partial charge < -0.3 is 40.9 Å². The largest absolute Gasteiger partial charge is 0.508 e. The molecule has 0 radical (unpaired) electrons. The van der Waals surface area contributed by atoms with Crippen LogP contribution in [-0.2, 0) is 0 Å². The minimum absolute atomic E-state index is 0.200. The van der Waals surface area contributed by atoms with Gasteiger partial charge in [-0.05, 0) is 95.1 Å². The molecule has 16 nitrogen and oxygen atoms in total. The Balaban J connectivity index is 0.000000193. The molecule has 0 amide bonds. The van der Waals surface area contributed by atoms with Gasteiger partial charge >= 0.3 is 0 Å². The lowest BCUT2D eigenvalue weighted by Gasteiger charge is -2.25. The molecule has 0 spiro atoms. The summed E-state index contributed by atoms with van der Waals surface area (Å²) >= 11 is 0. The van der Waals surface area contributed by atoms with Crippen molar-refractivity contribution in [1.82, 2.24) is 19.9 Å². The smallest absolute Gasteiger partial charge is 0.123 e. The number of aromatic hydroxyl groups is 8. The number of benzene rings is 4. The molecule has 0 unspecified atom stereocenters. The second-order valence-electron chi connectivity index (χ2n) is 16.9. The summed E-state index contributed by atoms with van der Waals surface area (Å²) in [6, 6.07) is 26.2. The average Bonchev–Trinajstić information content (AvgIpc) is 3.37. The number of nitrogens with zero attached hydrogens (tertiary/aromatic N) is 8. The zero-order valence-corrected chi connectivity index (χ0v) is 39.6. The van der Waals surface area contributed by atoms with Crippen molar-refractivity contribution in [1.29, 1.82) is 0 Å². The molecular weight excluding hydrogens is 913 g/mol. The fourth-order valence-electron chi connectivity index (χ4n) is 8.09. The van der Waals surface area contributed by atoms with E-state index in [2.05, 4.69) is 40.3 Å². The minimum atomic E-state index is -0.598. The lowest BCUT2D eigenvalue weighted by Crippen LogP contribution is -2.07. The van der Waals surface area contributed by atoms with Crippen LogP contribution in [0.15, 0.2) is 167 Å². The third kappa shape index (κ3) is 12.2. The summed E-state index contributed by atoms with van der Waals surface area (Å²) in [6.45, 7) is 7.05. The normalized spacial score (nSPS) is 16.3. The minimum Gasteiger partial charge on any atom is -0.508 e. The standard InChI is InChI=1S/C32H32O8.2C12H10N4/c1-13-17-5-19(27(35)9-25(17)33)14(2)21-7-23(31(39)11-29(21)37)16(4)24-8-22(30(38)12-32(24)40)15(3)20-6-18(13)26(34)10-28(20)36;2*1-5-13-6-2-11(1)9-15-16-10-12-3-7-14-8-4-12/h5-16,33-40H,1-4H3;2*1-10H/b;2*15-9+,16-10+. The molecule has 72 heavy (non-hydrogen) atoms. The van der Waals surface area contributed by atoms with Gasteiger partial charge in [0.2, 0.25) is 0 Å². The number of aromatic nitrogens is 4. The Morgan fingerprint density at radius 3 is 0.583 bits per heavy atom. The summed E-state index contributed by atoms with van der Waals surface area (Å²) in [6.07, 6.45) is 20.4. The Bertz CT molecular complexity index is 2710. The second kappa shape index (κ2) is 23.2. The van der Waals surface area contributed by atoms with Crippen LogP contribution in [0.3, 0.4) is 0 Å². The van der Waals surface area contributed by atoms with Crippen LogP contribution < -0.4 is 0 Å². The number of phenols is 8. The Kier molecular flexibility index (Phi) is 16.3. The average molecular weight is 965 g/mol. The molecule has 4 aromatic carbocycles. The van der Waals surface area contributed by atoms with E-state index in [1.165, 1.54) is 24.3 Å². The first-order chi connectivity index (χ1) is 34.7. The van der Waals surface area contributed by atoms with Gasteiger partial charge in [0, 0.05) is 142 Å². The fourth-order valence-corrected chi connectivity index (χ4v) is 8.09. The van der Waals surface area contributed by atoms with Crippen LogP contribution in [-0.4, -0.2) is 85.6 Å². The van der Waals surface area contributed by atoms with Gasteiger partial charge in [-0.1, -0.05) is 27.7 Å². The lowest BCUT2D eigenvalue weighted by molar-refractivity contribution is 0.429. The molecule has 1 aliphatic rings. The second-order valence-corrected chi connectivity index (χ2v) is 16.9. The first-order valence-electron chi connectivity index (χ1n) is 22.7. The highest BCUT2D eigenvalue weighted by molar-refractivity contribution is 5.83. The Morgan fingerprint density at radius 1 is 0.278 bits per heavy atom. The van der Waals surface area contributed by atoms with Crippen molar-refractivity contribution in [3.63, 3.8) is 0 Å². The van der Waals surface area contributed by atoms with Crippen LogP contribution in [0.5, 0.6) is 46.0 Å². The number of hydrogen-bond donors (Lipinski definition) is 8. The van der Waals surface area contributed by atoms with E-state index in [9.17, 15) is 40.9 Å². The summed E-state index contributed by atoms with van der Waals surface area (Å²) in [7, 11) is 0. The maximum atomic E-state index is 10.8. The van der Waals surface area contributed by atoms with Crippen LogP contribution >= 0.6 is 0 Å². The van der Waals surface area contributed by atoms with E-state index < -0.39 is 23.7 Å². The van der Waals surface area contributed by atoms with Crippen molar-refractivity contribution in [2.45, 2.75) is 51.4 Å². The Labute approximate surface area is 415 Å². The van der Waals surface area contributed by atoms with Crippen molar-refractivity contribution in [2.24, 2.45) is 20.4 Å². The molecule has 8 bridgehead atoms. The summed E-state index contributed by atoms with van der Waals surface area (Å²) in [5.74, 6) is -3.99. The van der Waals surface area contributed by atoms with Crippen molar-refractivity contribution < 1.29 is 40.9 Å². The molecule has 9 rings (SSSR count). The van der Waals surface area contributed by atoms with E-state index in [4.69, 9.17) is 0 Å². The van der Waals surface area contributed by atoms with Crippen molar-refractivity contribution in [3.8, 4) is 46.0 Å². The maximum absolute atomic E-state index is 10.8.